The molecule has 0 radical (unpaired) electrons. The number of carbonyl (C=O) groups excluding carboxylic acids is 2. The van der Waals surface area contributed by atoms with Crippen LogP contribution in [0.25, 0.3) is 0 Å². The Kier molecular flexibility index (Phi) is 4.90. The highest BCUT2D eigenvalue weighted by atomic mass is 16.3. The van der Waals surface area contributed by atoms with Crippen LogP contribution in [0.15, 0.2) is 18.2 Å². The lowest BCUT2D eigenvalue weighted by Gasteiger charge is -2.32. The fourth-order valence-electron chi connectivity index (χ4n) is 3.73. The normalized spacial score (nSPS) is 19.0. The van der Waals surface area contributed by atoms with Crippen molar-refractivity contribution in [3.8, 4) is 0 Å². The van der Waals surface area contributed by atoms with Crippen molar-refractivity contribution in [2.75, 3.05) is 18.0 Å². The summed E-state index contributed by atoms with van der Waals surface area (Å²) >= 11 is 0. The summed E-state index contributed by atoms with van der Waals surface area (Å²) < 4.78 is 0. The number of nitrogens with zero attached hydrogens (tertiary/aromatic N) is 1. The summed E-state index contributed by atoms with van der Waals surface area (Å²) in [5.74, 6) is -0.0393. The molecule has 2 N–H and O–H groups in total. The average Bonchev–Trinajstić information content (AvgIpc) is 3.03. The minimum absolute atomic E-state index is 0.116. The summed E-state index contributed by atoms with van der Waals surface area (Å²) in [7, 11) is 0. The maximum absolute atomic E-state index is 12.4. The van der Waals surface area contributed by atoms with E-state index in [1.807, 2.05) is 19.1 Å². The van der Waals surface area contributed by atoms with Gasteiger partial charge in [0.05, 0.1) is 5.60 Å². The fraction of sp³-hybridized carbons (Fsp3) is 0.579. The zero-order chi connectivity index (χ0) is 17.2. The number of hydrogen-bond acceptors (Lipinski definition) is 3. The Hall–Kier alpha value is -1.88. The van der Waals surface area contributed by atoms with E-state index in [0.717, 1.165) is 49.8 Å². The van der Waals surface area contributed by atoms with Crippen LogP contribution in [-0.2, 0) is 11.2 Å². The van der Waals surface area contributed by atoms with Gasteiger partial charge in [-0.05, 0) is 43.0 Å². The number of carbonyl (C=O) groups is 2. The Morgan fingerprint density at radius 2 is 2.00 bits per heavy atom. The minimum Gasteiger partial charge on any atom is -0.388 e. The molecule has 1 fully saturated rings. The van der Waals surface area contributed by atoms with Crippen LogP contribution in [0.1, 0.15) is 61.4 Å². The van der Waals surface area contributed by atoms with E-state index in [4.69, 9.17) is 0 Å². The third-order valence-electron chi connectivity index (χ3n) is 5.20. The molecule has 2 amide bonds. The second-order valence-electron chi connectivity index (χ2n) is 6.96. The summed E-state index contributed by atoms with van der Waals surface area (Å²) in [4.78, 5) is 26.1. The van der Waals surface area contributed by atoms with Gasteiger partial charge in [-0.15, -0.1) is 0 Å². The van der Waals surface area contributed by atoms with E-state index in [2.05, 4.69) is 5.32 Å². The predicted molar refractivity (Wildman–Crippen MR) is 93.2 cm³/mol. The molecule has 1 aliphatic heterocycles. The molecule has 3 rings (SSSR count). The van der Waals surface area contributed by atoms with Gasteiger partial charge in [0.15, 0.2) is 0 Å². The van der Waals surface area contributed by atoms with Gasteiger partial charge < -0.3 is 15.3 Å². The molecular weight excluding hydrogens is 304 g/mol. The van der Waals surface area contributed by atoms with Gasteiger partial charge in [-0.3, -0.25) is 9.59 Å². The molecule has 1 heterocycles. The van der Waals surface area contributed by atoms with Gasteiger partial charge >= 0.3 is 0 Å². The lowest BCUT2D eigenvalue weighted by atomic mass is 9.85. The van der Waals surface area contributed by atoms with Crippen molar-refractivity contribution in [2.24, 2.45) is 0 Å². The quantitative estimate of drug-likeness (QED) is 0.891. The fourth-order valence-corrected chi connectivity index (χ4v) is 3.73. The topological polar surface area (TPSA) is 69.6 Å². The second-order valence-corrected chi connectivity index (χ2v) is 6.96. The molecule has 1 aromatic carbocycles. The number of benzene rings is 1. The van der Waals surface area contributed by atoms with Crippen molar-refractivity contribution in [1.82, 2.24) is 5.32 Å². The SMILES string of the molecule is CCC(=O)N1CCc2cc(C(=O)NCC3(O)CCCCC3)ccc21. The molecule has 0 bridgehead atoms. The predicted octanol–water partition coefficient (Wildman–Crippen LogP) is 2.41. The first kappa shape index (κ1) is 17.0. The molecule has 0 aromatic heterocycles. The first-order valence-corrected chi connectivity index (χ1v) is 8.96. The number of anilines is 1. The largest absolute Gasteiger partial charge is 0.388 e. The molecule has 130 valence electrons. The van der Waals surface area contributed by atoms with Crippen molar-refractivity contribution in [3.05, 3.63) is 29.3 Å². The molecule has 5 nitrogen and oxygen atoms in total. The van der Waals surface area contributed by atoms with E-state index in [0.29, 0.717) is 25.1 Å². The molecule has 0 atom stereocenters. The summed E-state index contributed by atoms with van der Waals surface area (Å²) in [6, 6.07) is 5.50. The zero-order valence-corrected chi connectivity index (χ0v) is 14.3. The van der Waals surface area contributed by atoms with Crippen LogP contribution in [0.3, 0.4) is 0 Å². The minimum atomic E-state index is -0.755. The number of hydrogen-bond donors (Lipinski definition) is 2. The molecule has 5 heteroatoms. The Morgan fingerprint density at radius 3 is 2.71 bits per heavy atom. The van der Waals surface area contributed by atoms with Crippen LogP contribution in [0, 0.1) is 0 Å². The third kappa shape index (κ3) is 3.46. The Balaban J connectivity index is 1.65. The lowest BCUT2D eigenvalue weighted by Crippen LogP contribution is -2.44. The summed E-state index contributed by atoms with van der Waals surface area (Å²) in [5, 5.41) is 13.4. The number of rotatable bonds is 4. The van der Waals surface area contributed by atoms with Gasteiger partial charge in [0.25, 0.3) is 5.91 Å². The van der Waals surface area contributed by atoms with Crippen molar-refractivity contribution in [2.45, 2.75) is 57.5 Å². The van der Waals surface area contributed by atoms with Gasteiger partial charge in [0.1, 0.15) is 0 Å². The Bertz CT molecular complexity index is 635. The standard InChI is InChI=1S/C19H26N2O3/c1-2-17(22)21-11-8-14-12-15(6-7-16(14)21)18(23)20-13-19(24)9-4-3-5-10-19/h6-7,12,24H,2-5,8-11,13H2,1H3,(H,20,23). The summed E-state index contributed by atoms with van der Waals surface area (Å²) in [6.07, 6.45) is 5.98. The van der Waals surface area contributed by atoms with Crippen LogP contribution in [0.4, 0.5) is 5.69 Å². The molecule has 0 spiro atoms. The smallest absolute Gasteiger partial charge is 0.251 e. The monoisotopic (exact) mass is 330 g/mol. The Labute approximate surface area is 143 Å². The molecule has 1 saturated carbocycles. The van der Waals surface area contributed by atoms with Crippen LogP contribution < -0.4 is 10.2 Å². The van der Waals surface area contributed by atoms with Gasteiger partial charge in [-0.1, -0.05) is 26.2 Å². The van der Waals surface area contributed by atoms with E-state index < -0.39 is 5.60 Å². The molecule has 0 unspecified atom stereocenters. The first-order valence-electron chi connectivity index (χ1n) is 8.96. The van der Waals surface area contributed by atoms with E-state index >= 15 is 0 Å². The van der Waals surface area contributed by atoms with Crippen molar-refractivity contribution < 1.29 is 14.7 Å². The average molecular weight is 330 g/mol. The van der Waals surface area contributed by atoms with Gasteiger partial charge in [-0.25, -0.2) is 0 Å². The molecule has 1 aromatic rings. The third-order valence-corrected chi connectivity index (χ3v) is 5.20. The molecule has 0 saturated heterocycles. The number of amides is 2. The van der Waals surface area contributed by atoms with Crippen LogP contribution >= 0.6 is 0 Å². The molecule has 2 aliphatic rings. The zero-order valence-electron chi connectivity index (χ0n) is 14.3. The van der Waals surface area contributed by atoms with Crippen molar-refractivity contribution >= 4 is 17.5 Å². The second kappa shape index (κ2) is 6.93. The molecule has 1 aliphatic carbocycles. The van der Waals surface area contributed by atoms with E-state index in [9.17, 15) is 14.7 Å². The summed E-state index contributed by atoms with van der Waals surface area (Å²) in [6.45, 7) is 2.86. The molecular formula is C19H26N2O3. The maximum atomic E-state index is 12.4. The Morgan fingerprint density at radius 1 is 1.25 bits per heavy atom. The lowest BCUT2D eigenvalue weighted by molar-refractivity contribution is -0.118. The summed E-state index contributed by atoms with van der Waals surface area (Å²) in [5.41, 5.74) is 1.80. The number of fused-ring (bicyclic) bond motifs is 1. The highest BCUT2D eigenvalue weighted by Gasteiger charge is 2.30. The van der Waals surface area contributed by atoms with Crippen LogP contribution in [0.2, 0.25) is 0 Å². The van der Waals surface area contributed by atoms with Gasteiger partial charge in [0.2, 0.25) is 5.91 Å². The van der Waals surface area contributed by atoms with E-state index in [1.54, 1.807) is 11.0 Å². The molecule has 24 heavy (non-hydrogen) atoms. The van der Waals surface area contributed by atoms with Crippen molar-refractivity contribution in [1.29, 1.82) is 0 Å². The van der Waals surface area contributed by atoms with E-state index in [-0.39, 0.29) is 11.8 Å². The van der Waals surface area contributed by atoms with Gasteiger partial charge in [0, 0.05) is 30.8 Å². The van der Waals surface area contributed by atoms with Crippen LogP contribution in [-0.4, -0.2) is 35.6 Å². The maximum Gasteiger partial charge on any atom is 0.251 e. The van der Waals surface area contributed by atoms with Crippen molar-refractivity contribution in [3.63, 3.8) is 0 Å². The highest BCUT2D eigenvalue weighted by Crippen LogP contribution is 2.30. The first-order chi connectivity index (χ1) is 11.5. The number of aliphatic hydroxyl groups is 1. The van der Waals surface area contributed by atoms with Gasteiger partial charge in [-0.2, -0.15) is 0 Å². The number of nitrogens with one attached hydrogen (secondary N) is 1. The van der Waals surface area contributed by atoms with Crippen LogP contribution in [0.5, 0.6) is 0 Å². The van der Waals surface area contributed by atoms with E-state index in [1.165, 1.54) is 0 Å². The highest BCUT2D eigenvalue weighted by molar-refractivity contribution is 5.98.